The molecule has 1 unspecified atom stereocenters. The van der Waals surface area contributed by atoms with Gasteiger partial charge in [-0.1, -0.05) is 6.07 Å². The van der Waals surface area contributed by atoms with Crippen LogP contribution in [-0.2, 0) is 10.2 Å². The van der Waals surface area contributed by atoms with Crippen LogP contribution in [0.5, 0.6) is 0 Å². The van der Waals surface area contributed by atoms with Gasteiger partial charge in [-0.2, -0.15) is 0 Å². The van der Waals surface area contributed by atoms with E-state index in [1.54, 1.807) is 12.1 Å². The fourth-order valence-electron chi connectivity index (χ4n) is 2.04. The summed E-state index contributed by atoms with van der Waals surface area (Å²) < 4.78 is 13.4. The maximum atomic E-state index is 13.1. The van der Waals surface area contributed by atoms with Gasteiger partial charge in [0.15, 0.2) is 0 Å². The van der Waals surface area contributed by atoms with Crippen LogP contribution in [0, 0.1) is 5.82 Å². The van der Waals surface area contributed by atoms with E-state index in [1.165, 1.54) is 6.07 Å². The maximum Gasteiger partial charge on any atom is 0.315 e. The van der Waals surface area contributed by atoms with Gasteiger partial charge in [-0.25, -0.2) is 4.39 Å². The van der Waals surface area contributed by atoms with Gasteiger partial charge in [-0.05, 0) is 46.6 Å². The molecule has 0 saturated carbocycles. The molecule has 1 saturated heterocycles. The Morgan fingerprint density at radius 3 is 2.81 bits per heavy atom. The second kappa shape index (κ2) is 4.14. The first kappa shape index (κ1) is 11.5. The summed E-state index contributed by atoms with van der Waals surface area (Å²) in [6.45, 7) is 1.06. The molecule has 1 aromatic rings. The number of nitrogens with one attached hydrogen (secondary N) is 1. The SMILES string of the molecule is O=C(O)C1(c2ccc(F)c(Br)c2)CCNC1. The van der Waals surface area contributed by atoms with Crippen molar-refractivity contribution < 1.29 is 14.3 Å². The van der Waals surface area contributed by atoms with Crippen molar-refractivity contribution in [3.8, 4) is 0 Å². The standard InChI is InChI=1S/C11H11BrFNO2/c12-8-5-7(1-2-9(8)13)11(10(15)16)3-4-14-6-11/h1-2,5,14H,3-4,6H2,(H,15,16). The van der Waals surface area contributed by atoms with Crippen LogP contribution < -0.4 is 5.32 Å². The summed E-state index contributed by atoms with van der Waals surface area (Å²) in [5, 5.41) is 12.4. The van der Waals surface area contributed by atoms with Crippen LogP contribution >= 0.6 is 15.9 Å². The molecule has 1 atom stereocenters. The summed E-state index contributed by atoms with van der Waals surface area (Å²) >= 11 is 3.08. The topological polar surface area (TPSA) is 49.3 Å². The van der Waals surface area contributed by atoms with Gasteiger partial charge in [0.25, 0.3) is 0 Å². The highest BCUT2D eigenvalue weighted by atomic mass is 79.9. The quantitative estimate of drug-likeness (QED) is 0.874. The van der Waals surface area contributed by atoms with Crippen molar-refractivity contribution in [1.29, 1.82) is 0 Å². The number of hydrogen-bond donors (Lipinski definition) is 2. The number of carbonyl (C=O) groups is 1. The molecule has 16 heavy (non-hydrogen) atoms. The molecule has 2 rings (SSSR count). The third kappa shape index (κ3) is 1.74. The van der Waals surface area contributed by atoms with E-state index in [1.807, 2.05) is 0 Å². The largest absolute Gasteiger partial charge is 0.481 e. The number of carboxylic acid groups (broad SMARTS) is 1. The van der Waals surface area contributed by atoms with Gasteiger partial charge in [0.05, 0.1) is 4.47 Å². The second-order valence-corrected chi connectivity index (χ2v) is 4.80. The highest BCUT2D eigenvalue weighted by Gasteiger charge is 2.43. The molecule has 0 bridgehead atoms. The number of hydrogen-bond acceptors (Lipinski definition) is 2. The summed E-state index contributed by atoms with van der Waals surface area (Å²) in [6.07, 6.45) is 0.528. The Bertz CT molecular complexity index is 430. The number of rotatable bonds is 2. The summed E-state index contributed by atoms with van der Waals surface area (Å²) in [5.41, 5.74) is -0.283. The molecule has 1 heterocycles. The predicted octanol–water partition coefficient (Wildman–Crippen LogP) is 1.90. The lowest BCUT2D eigenvalue weighted by Gasteiger charge is -2.23. The monoisotopic (exact) mass is 287 g/mol. The zero-order valence-electron chi connectivity index (χ0n) is 8.46. The van der Waals surface area contributed by atoms with Crippen LogP contribution in [0.3, 0.4) is 0 Å². The molecule has 0 radical (unpaired) electrons. The molecule has 0 spiro atoms. The molecule has 86 valence electrons. The lowest BCUT2D eigenvalue weighted by molar-refractivity contribution is -0.143. The lowest BCUT2D eigenvalue weighted by atomic mass is 9.80. The molecule has 0 amide bonds. The first-order chi connectivity index (χ1) is 7.56. The van der Waals surface area contributed by atoms with Crippen LogP contribution in [0.15, 0.2) is 22.7 Å². The van der Waals surface area contributed by atoms with Crippen molar-refractivity contribution in [2.75, 3.05) is 13.1 Å². The molecule has 1 fully saturated rings. The van der Waals surface area contributed by atoms with E-state index in [9.17, 15) is 14.3 Å². The third-order valence-electron chi connectivity index (χ3n) is 3.04. The minimum Gasteiger partial charge on any atom is -0.481 e. The van der Waals surface area contributed by atoms with Crippen LogP contribution in [0.1, 0.15) is 12.0 Å². The van der Waals surface area contributed by atoms with Crippen molar-refractivity contribution in [1.82, 2.24) is 5.32 Å². The first-order valence-electron chi connectivity index (χ1n) is 4.96. The zero-order valence-corrected chi connectivity index (χ0v) is 10.1. The van der Waals surface area contributed by atoms with Crippen molar-refractivity contribution >= 4 is 21.9 Å². The molecular weight excluding hydrogens is 277 g/mol. The fraction of sp³-hybridized carbons (Fsp3) is 0.364. The molecule has 1 aliphatic heterocycles. The van der Waals surface area contributed by atoms with Crippen LogP contribution in [0.2, 0.25) is 0 Å². The third-order valence-corrected chi connectivity index (χ3v) is 3.64. The molecule has 1 aromatic carbocycles. The molecule has 0 aromatic heterocycles. The van der Waals surface area contributed by atoms with Gasteiger partial charge in [0.2, 0.25) is 0 Å². The average molecular weight is 288 g/mol. The van der Waals surface area contributed by atoms with E-state index in [0.717, 1.165) is 0 Å². The molecule has 1 aliphatic rings. The van der Waals surface area contributed by atoms with E-state index in [4.69, 9.17) is 0 Å². The van der Waals surface area contributed by atoms with Crippen molar-refractivity contribution in [2.24, 2.45) is 0 Å². The summed E-state index contributed by atoms with van der Waals surface area (Å²) in [4.78, 5) is 11.4. The lowest BCUT2D eigenvalue weighted by Crippen LogP contribution is -2.37. The number of aliphatic carboxylic acids is 1. The summed E-state index contributed by atoms with van der Waals surface area (Å²) in [7, 11) is 0. The Balaban J connectivity index is 2.47. The van der Waals surface area contributed by atoms with Gasteiger partial charge in [0.1, 0.15) is 11.2 Å². The van der Waals surface area contributed by atoms with Crippen LogP contribution in [0.25, 0.3) is 0 Å². The number of carboxylic acids is 1. The van der Waals surface area contributed by atoms with Crippen LogP contribution in [0.4, 0.5) is 4.39 Å². The molecule has 0 aliphatic carbocycles. The Kier molecular flexibility index (Phi) is 2.99. The maximum absolute atomic E-state index is 13.1. The Hall–Kier alpha value is -0.940. The molecular formula is C11H11BrFNO2. The van der Waals surface area contributed by atoms with Gasteiger partial charge in [0, 0.05) is 6.54 Å². The molecule has 5 heteroatoms. The first-order valence-corrected chi connectivity index (χ1v) is 5.75. The van der Waals surface area contributed by atoms with E-state index in [0.29, 0.717) is 29.5 Å². The van der Waals surface area contributed by atoms with E-state index >= 15 is 0 Å². The van der Waals surface area contributed by atoms with Crippen molar-refractivity contribution in [3.63, 3.8) is 0 Å². The van der Waals surface area contributed by atoms with Gasteiger partial charge in [-0.15, -0.1) is 0 Å². The molecule has 3 nitrogen and oxygen atoms in total. The average Bonchev–Trinajstić information content (AvgIpc) is 2.72. The highest BCUT2D eigenvalue weighted by molar-refractivity contribution is 9.10. The van der Waals surface area contributed by atoms with Crippen LogP contribution in [-0.4, -0.2) is 24.2 Å². The number of benzene rings is 1. The Morgan fingerprint density at radius 2 is 2.31 bits per heavy atom. The highest BCUT2D eigenvalue weighted by Crippen LogP contribution is 2.33. The van der Waals surface area contributed by atoms with Gasteiger partial charge >= 0.3 is 5.97 Å². The van der Waals surface area contributed by atoms with Gasteiger partial charge < -0.3 is 10.4 Å². The van der Waals surface area contributed by atoms with E-state index in [-0.39, 0.29) is 5.82 Å². The normalized spacial score (nSPS) is 24.6. The Morgan fingerprint density at radius 1 is 1.56 bits per heavy atom. The summed E-state index contributed by atoms with van der Waals surface area (Å²) in [6, 6.07) is 4.39. The van der Waals surface area contributed by atoms with Crippen molar-refractivity contribution in [3.05, 3.63) is 34.1 Å². The minimum atomic E-state index is -0.920. The molecule has 2 N–H and O–H groups in total. The summed E-state index contributed by atoms with van der Waals surface area (Å²) in [5.74, 6) is -1.24. The van der Waals surface area contributed by atoms with Crippen molar-refractivity contribution in [2.45, 2.75) is 11.8 Å². The second-order valence-electron chi connectivity index (χ2n) is 3.94. The smallest absolute Gasteiger partial charge is 0.315 e. The minimum absolute atomic E-state index is 0.303. The fourth-order valence-corrected chi connectivity index (χ4v) is 2.42. The predicted molar refractivity (Wildman–Crippen MR) is 60.9 cm³/mol. The number of halogens is 2. The van der Waals surface area contributed by atoms with Gasteiger partial charge in [-0.3, -0.25) is 4.79 Å². The van der Waals surface area contributed by atoms with E-state index < -0.39 is 11.4 Å². The van der Waals surface area contributed by atoms with E-state index in [2.05, 4.69) is 21.2 Å². The Labute approximate surface area is 101 Å². The zero-order chi connectivity index (χ0) is 11.8.